The van der Waals surface area contributed by atoms with E-state index in [0.717, 1.165) is 24.9 Å². The van der Waals surface area contributed by atoms with E-state index in [-0.39, 0.29) is 0 Å². The monoisotopic (exact) mass is 410 g/mol. The van der Waals surface area contributed by atoms with Crippen LogP contribution in [0.5, 0.6) is 0 Å². The van der Waals surface area contributed by atoms with Crippen LogP contribution in [0.2, 0.25) is 0 Å². The van der Waals surface area contributed by atoms with Crippen molar-refractivity contribution < 1.29 is 0 Å². The molecule has 0 amide bonds. The summed E-state index contributed by atoms with van der Waals surface area (Å²) in [6, 6.07) is 37.7. The van der Waals surface area contributed by atoms with Gasteiger partial charge < -0.3 is 0 Å². The normalized spacial score (nSPS) is 13.9. The summed E-state index contributed by atoms with van der Waals surface area (Å²) in [5.41, 5.74) is 2.52. The van der Waals surface area contributed by atoms with Crippen LogP contribution < -0.4 is 21.2 Å². The standard InChI is InChI=1S/C27H27N2P/c1-4-12-24(13-5-1)30(25-14-6-2-7-15-25,26-16-8-3-9-17-26)21-23-19-18-22-11-10-20-28-27(22)29-23/h1-9,12-19,30H,10-11,20-21H2,(H,28,29). The van der Waals surface area contributed by atoms with Gasteiger partial charge in [0.25, 0.3) is 0 Å². The molecule has 1 aliphatic heterocycles. The molecule has 3 aromatic carbocycles. The molecule has 0 fully saturated rings. The Morgan fingerprint density at radius 2 is 1.20 bits per heavy atom. The number of hydrogen-bond donors (Lipinski definition) is 1. The van der Waals surface area contributed by atoms with Crippen molar-refractivity contribution in [3.05, 3.63) is 114 Å². The summed E-state index contributed by atoms with van der Waals surface area (Å²) in [6.07, 6.45) is 3.25. The van der Waals surface area contributed by atoms with E-state index >= 15 is 0 Å². The van der Waals surface area contributed by atoms with E-state index < -0.39 is 7.26 Å². The molecule has 150 valence electrons. The van der Waals surface area contributed by atoms with Crippen molar-refractivity contribution in [2.24, 2.45) is 0 Å². The number of benzene rings is 3. The van der Waals surface area contributed by atoms with Crippen LogP contribution in [0, 0.1) is 0 Å². The fraction of sp³-hybridized carbons (Fsp3) is 0.148. The molecule has 1 aromatic heterocycles. The van der Waals surface area contributed by atoms with Gasteiger partial charge in [0, 0.05) is 0 Å². The molecule has 0 saturated heterocycles. The van der Waals surface area contributed by atoms with Gasteiger partial charge in [-0.3, -0.25) is 0 Å². The molecular formula is C27H27N2P. The number of pyridine rings is 1. The molecule has 0 saturated carbocycles. The maximum atomic E-state index is 5.10. The van der Waals surface area contributed by atoms with Crippen LogP contribution in [0.15, 0.2) is 103 Å². The Morgan fingerprint density at radius 1 is 0.667 bits per heavy atom. The molecule has 4 aromatic rings. The third kappa shape index (κ3) is 3.53. The number of hydrogen-bond acceptors (Lipinski definition) is 2. The van der Waals surface area contributed by atoms with Crippen molar-refractivity contribution in [1.82, 2.24) is 4.98 Å². The number of nitrogens with zero attached hydrogens (tertiary/aromatic N) is 1. The Bertz CT molecular complexity index is 1010. The summed E-state index contributed by atoms with van der Waals surface area (Å²) < 4.78 is 0. The van der Waals surface area contributed by atoms with Crippen molar-refractivity contribution in [3.63, 3.8) is 0 Å². The Morgan fingerprint density at radius 3 is 1.73 bits per heavy atom. The fourth-order valence-electron chi connectivity index (χ4n) is 4.71. The van der Waals surface area contributed by atoms with Gasteiger partial charge in [0.1, 0.15) is 0 Å². The number of rotatable bonds is 5. The molecular weight excluding hydrogens is 383 g/mol. The average molecular weight is 411 g/mol. The van der Waals surface area contributed by atoms with Crippen LogP contribution in [0.4, 0.5) is 5.82 Å². The minimum absolute atomic E-state index is 0.944. The van der Waals surface area contributed by atoms with Gasteiger partial charge in [-0.15, -0.1) is 0 Å². The molecule has 2 nitrogen and oxygen atoms in total. The molecule has 5 rings (SSSR count). The second-order valence-corrected chi connectivity index (χ2v) is 11.9. The van der Waals surface area contributed by atoms with E-state index in [9.17, 15) is 0 Å². The summed E-state index contributed by atoms with van der Waals surface area (Å²) >= 11 is 0. The number of anilines is 1. The van der Waals surface area contributed by atoms with Gasteiger partial charge in [-0.1, -0.05) is 0 Å². The van der Waals surface area contributed by atoms with Crippen LogP contribution in [0.3, 0.4) is 0 Å². The van der Waals surface area contributed by atoms with Crippen LogP contribution in [-0.2, 0) is 12.6 Å². The zero-order valence-electron chi connectivity index (χ0n) is 17.1. The first-order valence-corrected chi connectivity index (χ1v) is 13.0. The molecule has 1 aliphatic rings. The van der Waals surface area contributed by atoms with E-state index in [1.165, 1.54) is 33.6 Å². The Hall–Kier alpha value is -2.96. The van der Waals surface area contributed by atoms with Gasteiger partial charge in [0.2, 0.25) is 0 Å². The van der Waals surface area contributed by atoms with Crippen LogP contribution in [0.1, 0.15) is 17.7 Å². The van der Waals surface area contributed by atoms with E-state index in [4.69, 9.17) is 4.98 Å². The summed E-state index contributed by atoms with van der Waals surface area (Å²) in [4.78, 5) is 5.10. The molecule has 3 heteroatoms. The molecule has 0 atom stereocenters. The minimum atomic E-state index is -2.30. The third-order valence-corrected chi connectivity index (χ3v) is 11.0. The summed E-state index contributed by atoms with van der Waals surface area (Å²) in [5.74, 6) is 1.08. The van der Waals surface area contributed by atoms with Gasteiger partial charge in [-0.25, -0.2) is 0 Å². The second kappa shape index (κ2) is 8.42. The molecule has 0 radical (unpaired) electrons. The number of aromatic nitrogens is 1. The van der Waals surface area contributed by atoms with Gasteiger partial charge in [0.05, 0.1) is 0 Å². The van der Waals surface area contributed by atoms with Crippen molar-refractivity contribution in [3.8, 4) is 0 Å². The average Bonchev–Trinajstić information content (AvgIpc) is 2.84. The van der Waals surface area contributed by atoms with Crippen molar-refractivity contribution >= 4 is 29.0 Å². The van der Waals surface area contributed by atoms with Gasteiger partial charge in [0.15, 0.2) is 0 Å². The molecule has 0 unspecified atom stereocenters. The summed E-state index contributed by atoms with van der Waals surface area (Å²) in [6.45, 7) is 1.02. The zero-order valence-corrected chi connectivity index (χ0v) is 18.1. The van der Waals surface area contributed by atoms with Crippen molar-refractivity contribution in [2.45, 2.75) is 19.0 Å². The summed E-state index contributed by atoms with van der Waals surface area (Å²) in [7, 11) is -2.30. The number of nitrogens with one attached hydrogen (secondary N) is 1. The Kier molecular flexibility index (Phi) is 5.34. The van der Waals surface area contributed by atoms with Gasteiger partial charge in [-0.05, 0) is 0 Å². The Labute approximate surface area is 179 Å². The first-order valence-electron chi connectivity index (χ1n) is 10.8. The topological polar surface area (TPSA) is 24.9 Å². The third-order valence-electron chi connectivity index (χ3n) is 6.20. The SMILES string of the molecule is c1ccc([PH](Cc2ccc3c(n2)NCCC3)(c2ccccc2)c2ccccc2)cc1. The molecule has 0 bridgehead atoms. The molecule has 1 N–H and O–H groups in total. The molecule has 2 heterocycles. The van der Waals surface area contributed by atoms with Crippen LogP contribution in [0.25, 0.3) is 0 Å². The second-order valence-electron chi connectivity index (χ2n) is 8.02. The fourth-order valence-corrected chi connectivity index (χ4v) is 9.35. The summed E-state index contributed by atoms with van der Waals surface area (Å²) in [5, 5.41) is 7.79. The predicted octanol–water partition coefficient (Wildman–Crippen LogP) is 4.67. The first kappa shape index (κ1) is 19.0. The number of fused-ring (bicyclic) bond motifs is 1. The van der Waals surface area contributed by atoms with E-state index in [2.05, 4.69) is 108 Å². The van der Waals surface area contributed by atoms with E-state index in [1.807, 2.05) is 0 Å². The molecule has 0 aliphatic carbocycles. The molecule has 0 spiro atoms. The van der Waals surface area contributed by atoms with Gasteiger partial charge in [-0.2, -0.15) is 0 Å². The zero-order chi connectivity index (χ0) is 20.2. The van der Waals surface area contributed by atoms with Gasteiger partial charge >= 0.3 is 179 Å². The van der Waals surface area contributed by atoms with Crippen molar-refractivity contribution in [1.29, 1.82) is 0 Å². The quantitative estimate of drug-likeness (QED) is 0.484. The number of aryl methyl sites for hydroxylation is 1. The van der Waals surface area contributed by atoms with Crippen molar-refractivity contribution in [2.75, 3.05) is 11.9 Å². The predicted molar refractivity (Wildman–Crippen MR) is 131 cm³/mol. The Balaban J connectivity index is 1.72. The van der Waals surface area contributed by atoms with E-state index in [1.54, 1.807) is 0 Å². The van der Waals surface area contributed by atoms with E-state index in [0.29, 0.717) is 0 Å². The maximum absolute atomic E-state index is 5.10. The first-order chi connectivity index (χ1) is 14.9. The van der Waals surface area contributed by atoms with Crippen LogP contribution in [-0.4, -0.2) is 11.5 Å². The van der Waals surface area contributed by atoms with Crippen LogP contribution >= 0.6 is 7.26 Å². The molecule has 30 heavy (non-hydrogen) atoms.